The Morgan fingerprint density at radius 2 is 2.06 bits per heavy atom. The molecule has 0 aliphatic rings. The summed E-state index contributed by atoms with van der Waals surface area (Å²) in [5.74, 6) is 0. The molecule has 1 aromatic carbocycles. The van der Waals surface area contributed by atoms with Crippen LogP contribution in [0.15, 0.2) is 24.3 Å². The Morgan fingerprint density at radius 3 is 2.50 bits per heavy atom. The first kappa shape index (κ1) is 12.4. The molecule has 0 aliphatic heterocycles. The lowest BCUT2D eigenvalue weighted by Gasteiger charge is -2.19. The molecule has 2 amide bonds. The fourth-order valence-corrected chi connectivity index (χ4v) is 1.32. The van der Waals surface area contributed by atoms with Gasteiger partial charge in [-0.3, -0.25) is 4.90 Å². The molecule has 0 bridgehead atoms. The van der Waals surface area contributed by atoms with Crippen molar-refractivity contribution in [2.24, 2.45) is 5.73 Å². The number of amides is 2. The zero-order chi connectivity index (χ0) is 12.3. The summed E-state index contributed by atoms with van der Waals surface area (Å²) in [5, 5.41) is 0. The maximum atomic E-state index is 12.4. The average Bonchev–Trinajstić information content (AvgIpc) is 2.17. The van der Waals surface area contributed by atoms with E-state index in [2.05, 4.69) is 0 Å². The summed E-state index contributed by atoms with van der Waals surface area (Å²) in [4.78, 5) is 12.0. The Bertz CT molecular complexity index is 390. The molecule has 0 saturated carbocycles. The number of urea groups is 1. The zero-order valence-corrected chi connectivity index (χ0v) is 8.58. The van der Waals surface area contributed by atoms with E-state index in [1.165, 1.54) is 12.1 Å². The molecule has 3 nitrogen and oxygen atoms in total. The summed E-state index contributed by atoms with van der Waals surface area (Å²) in [5.41, 5.74) is 4.39. The van der Waals surface area contributed by atoms with Gasteiger partial charge in [0.15, 0.2) is 0 Å². The number of anilines is 1. The third-order valence-corrected chi connectivity index (χ3v) is 2.07. The molecule has 0 atom stereocenters. The number of carbonyl (C=O) groups excluding carboxylic acids is 1. The third kappa shape index (κ3) is 2.65. The number of hydrogen-bond donors (Lipinski definition) is 1. The Hall–Kier alpha value is -1.72. The van der Waals surface area contributed by atoms with Crippen molar-refractivity contribution in [2.75, 3.05) is 11.4 Å². The monoisotopic (exact) mass is 232 g/mol. The molecular formula is C10H11F3N2O. The maximum absolute atomic E-state index is 12.4. The van der Waals surface area contributed by atoms with Gasteiger partial charge in [0, 0.05) is 12.2 Å². The van der Waals surface area contributed by atoms with Crippen molar-refractivity contribution in [1.29, 1.82) is 0 Å². The van der Waals surface area contributed by atoms with E-state index in [1.54, 1.807) is 6.92 Å². The minimum absolute atomic E-state index is 0.143. The summed E-state index contributed by atoms with van der Waals surface area (Å²) in [6.45, 7) is 1.85. The number of alkyl halides is 3. The lowest BCUT2D eigenvalue weighted by atomic mass is 10.2. The predicted molar refractivity (Wildman–Crippen MR) is 54.0 cm³/mol. The zero-order valence-electron chi connectivity index (χ0n) is 8.58. The molecule has 1 rings (SSSR count). The molecule has 6 heteroatoms. The predicted octanol–water partition coefficient (Wildman–Crippen LogP) is 2.61. The van der Waals surface area contributed by atoms with Gasteiger partial charge in [-0.15, -0.1) is 0 Å². The van der Waals surface area contributed by atoms with E-state index in [4.69, 9.17) is 5.73 Å². The van der Waals surface area contributed by atoms with Crippen LogP contribution in [0.2, 0.25) is 0 Å². The van der Waals surface area contributed by atoms with Gasteiger partial charge in [0.2, 0.25) is 0 Å². The number of halogens is 3. The molecule has 0 radical (unpaired) electrons. The van der Waals surface area contributed by atoms with Crippen LogP contribution in [-0.4, -0.2) is 12.6 Å². The lowest BCUT2D eigenvalue weighted by molar-refractivity contribution is -0.137. The number of carbonyl (C=O) groups is 1. The van der Waals surface area contributed by atoms with Gasteiger partial charge in [-0.25, -0.2) is 4.79 Å². The van der Waals surface area contributed by atoms with Crippen molar-refractivity contribution in [2.45, 2.75) is 13.1 Å². The summed E-state index contributed by atoms with van der Waals surface area (Å²) in [6, 6.07) is 3.71. The fraction of sp³-hybridized carbons (Fsp3) is 0.300. The molecule has 0 spiro atoms. The first-order valence-corrected chi connectivity index (χ1v) is 4.60. The van der Waals surface area contributed by atoms with Gasteiger partial charge in [-0.05, 0) is 25.1 Å². The molecule has 2 N–H and O–H groups in total. The third-order valence-electron chi connectivity index (χ3n) is 2.07. The molecule has 88 valence electrons. The van der Waals surface area contributed by atoms with Crippen LogP contribution in [0.1, 0.15) is 12.5 Å². The SMILES string of the molecule is CCN(C(N)=O)c1cccc(C(F)(F)F)c1. The Balaban J connectivity index is 3.11. The molecule has 1 aromatic rings. The molecule has 0 saturated heterocycles. The normalized spacial score (nSPS) is 11.2. The molecule has 0 fully saturated rings. The van der Waals surface area contributed by atoms with Crippen LogP contribution in [0, 0.1) is 0 Å². The van der Waals surface area contributed by atoms with E-state index in [0.29, 0.717) is 0 Å². The van der Waals surface area contributed by atoms with E-state index in [0.717, 1.165) is 17.0 Å². The summed E-state index contributed by atoms with van der Waals surface area (Å²) >= 11 is 0. The molecule has 0 unspecified atom stereocenters. The molecule has 16 heavy (non-hydrogen) atoms. The van der Waals surface area contributed by atoms with E-state index in [-0.39, 0.29) is 12.2 Å². The van der Waals surface area contributed by atoms with Gasteiger partial charge >= 0.3 is 12.2 Å². The largest absolute Gasteiger partial charge is 0.416 e. The van der Waals surface area contributed by atoms with E-state index >= 15 is 0 Å². The second-order valence-corrected chi connectivity index (χ2v) is 3.13. The van der Waals surface area contributed by atoms with Crippen LogP contribution in [0.4, 0.5) is 23.7 Å². The highest BCUT2D eigenvalue weighted by molar-refractivity contribution is 5.90. The van der Waals surface area contributed by atoms with Crippen LogP contribution in [0.25, 0.3) is 0 Å². The van der Waals surface area contributed by atoms with Crippen LogP contribution in [0.3, 0.4) is 0 Å². The number of nitrogens with zero attached hydrogens (tertiary/aromatic N) is 1. The van der Waals surface area contributed by atoms with Crippen molar-refractivity contribution < 1.29 is 18.0 Å². The minimum atomic E-state index is -4.42. The van der Waals surface area contributed by atoms with Crippen LogP contribution < -0.4 is 10.6 Å². The van der Waals surface area contributed by atoms with E-state index in [9.17, 15) is 18.0 Å². The van der Waals surface area contributed by atoms with E-state index < -0.39 is 17.8 Å². The van der Waals surface area contributed by atoms with Gasteiger partial charge in [-0.2, -0.15) is 13.2 Å². The quantitative estimate of drug-likeness (QED) is 0.837. The maximum Gasteiger partial charge on any atom is 0.416 e. The van der Waals surface area contributed by atoms with Crippen molar-refractivity contribution in [3.05, 3.63) is 29.8 Å². The van der Waals surface area contributed by atoms with Crippen molar-refractivity contribution in [3.63, 3.8) is 0 Å². The summed E-state index contributed by atoms with van der Waals surface area (Å²) < 4.78 is 37.2. The highest BCUT2D eigenvalue weighted by Crippen LogP contribution is 2.31. The lowest BCUT2D eigenvalue weighted by Crippen LogP contribution is -2.35. The summed E-state index contributed by atoms with van der Waals surface area (Å²) in [7, 11) is 0. The van der Waals surface area contributed by atoms with E-state index in [1.807, 2.05) is 0 Å². The highest BCUT2D eigenvalue weighted by atomic mass is 19.4. The van der Waals surface area contributed by atoms with Gasteiger partial charge in [0.05, 0.1) is 5.56 Å². The first-order valence-electron chi connectivity index (χ1n) is 4.60. The van der Waals surface area contributed by atoms with Crippen molar-refractivity contribution in [1.82, 2.24) is 0 Å². The van der Waals surface area contributed by atoms with Crippen LogP contribution in [-0.2, 0) is 6.18 Å². The fourth-order valence-electron chi connectivity index (χ4n) is 1.32. The smallest absolute Gasteiger partial charge is 0.351 e. The number of primary amides is 1. The second kappa shape index (κ2) is 4.42. The molecule has 0 aromatic heterocycles. The van der Waals surface area contributed by atoms with Gasteiger partial charge in [-0.1, -0.05) is 6.07 Å². The minimum Gasteiger partial charge on any atom is -0.351 e. The van der Waals surface area contributed by atoms with Gasteiger partial charge < -0.3 is 5.73 Å². The number of nitrogens with two attached hydrogens (primary N) is 1. The van der Waals surface area contributed by atoms with Crippen molar-refractivity contribution >= 4 is 11.7 Å². The highest BCUT2D eigenvalue weighted by Gasteiger charge is 2.30. The Kier molecular flexibility index (Phi) is 3.41. The van der Waals surface area contributed by atoms with Crippen LogP contribution >= 0.6 is 0 Å². The topological polar surface area (TPSA) is 46.3 Å². The number of rotatable bonds is 2. The molecular weight excluding hydrogens is 221 g/mol. The van der Waals surface area contributed by atoms with Gasteiger partial charge in [0.25, 0.3) is 0 Å². The standard InChI is InChI=1S/C10H11F3N2O/c1-2-15(9(14)16)8-5-3-4-7(6-8)10(11,12)13/h3-6H,2H2,1H3,(H2,14,16). The van der Waals surface area contributed by atoms with Gasteiger partial charge in [0.1, 0.15) is 0 Å². The number of benzene rings is 1. The molecule has 0 heterocycles. The number of hydrogen-bond acceptors (Lipinski definition) is 1. The average molecular weight is 232 g/mol. The molecule has 0 aliphatic carbocycles. The Labute approximate surface area is 90.6 Å². The second-order valence-electron chi connectivity index (χ2n) is 3.13. The first-order chi connectivity index (χ1) is 7.36. The van der Waals surface area contributed by atoms with Crippen LogP contribution in [0.5, 0.6) is 0 Å². The Morgan fingerprint density at radius 1 is 1.44 bits per heavy atom. The summed E-state index contributed by atoms with van der Waals surface area (Å²) in [6.07, 6.45) is -4.42. The van der Waals surface area contributed by atoms with Crippen molar-refractivity contribution in [3.8, 4) is 0 Å².